The molecule has 2 aliphatic rings. The Morgan fingerprint density at radius 3 is 2.88 bits per heavy atom. The monoisotopic (exact) mass is 243 g/mol. The summed E-state index contributed by atoms with van der Waals surface area (Å²) in [6.07, 6.45) is 0.923. The summed E-state index contributed by atoms with van der Waals surface area (Å²) in [7, 11) is 2.83. The summed E-state index contributed by atoms with van der Waals surface area (Å²) in [4.78, 5) is 23.5. The summed E-state index contributed by atoms with van der Waals surface area (Å²) >= 11 is 0. The minimum absolute atomic E-state index is 0.0610. The van der Waals surface area contributed by atoms with E-state index < -0.39 is 11.9 Å². The molecule has 1 N–H and O–H groups in total. The molecule has 2 aliphatic heterocycles. The number of methoxy groups -OCH3 is 2. The predicted octanol–water partition coefficient (Wildman–Crippen LogP) is -0.532. The predicted molar refractivity (Wildman–Crippen MR) is 57.2 cm³/mol. The Morgan fingerprint density at radius 2 is 2.24 bits per heavy atom. The number of hydrogen-bond donors (Lipinski definition) is 1. The van der Waals surface area contributed by atoms with E-state index in [2.05, 4.69) is 10.1 Å². The van der Waals surface area contributed by atoms with E-state index in [-0.39, 0.29) is 30.8 Å². The van der Waals surface area contributed by atoms with Crippen molar-refractivity contribution in [3.05, 3.63) is 0 Å². The highest BCUT2D eigenvalue weighted by Crippen LogP contribution is 2.31. The zero-order chi connectivity index (χ0) is 12.4. The van der Waals surface area contributed by atoms with Crippen LogP contribution in [0.25, 0.3) is 0 Å². The lowest BCUT2D eigenvalue weighted by Crippen LogP contribution is -2.52. The van der Waals surface area contributed by atoms with Gasteiger partial charge in [-0.3, -0.25) is 9.59 Å². The van der Waals surface area contributed by atoms with Crippen molar-refractivity contribution in [2.45, 2.75) is 31.0 Å². The molecule has 2 bridgehead atoms. The highest BCUT2D eigenvalue weighted by molar-refractivity contribution is 6.01. The first-order valence-corrected chi connectivity index (χ1v) is 5.64. The van der Waals surface area contributed by atoms with Crippen LogP contribution in [0.4, 0.5) is 0 Å². The van der Waals surface area contributed by atoms with Gasteiger partial charge in [0.05, 0.1) is 19.3 Å². The molecule has 96 valence electrons. The first-order chi connectivity index (χ1) is 8.17. The molecule has 2 rings (SSSR count). The van der Waals surface area contributed by atoms with Gasteiger partial charge >= 0.3 is 5.97 Å². The molecule has 0 aliphatic carbocycles. The van der Waals surface area contributed by atoms with Crippen molar-refractivity contribution in [3.8, 4) is 0 Å². The van der Waals surface area contributed by atoms with Crippen LogP contribution in [0, 0.1) is 5.92 Å². The standard InChI is InChI=1S/C11H17NO5/c1-15-5-17-8-4-6-3-7(13)9(10(8)12-6)11(14)16-2/h6,8-10,12H,3-5H2,1-2H3. The number of carbonyl (C=O) groups is 2. The lowest BCUT2D eigenvalue weighted by Gasteiger charge is -2.28. The second kappa shape index (κ2) is 5.12. The van der Waals surface area contributed by atoms with Crippen LogP contribution in [0.2, 0.25) is 0 Å². The average Bonchev–Trinajstić information content (AvgIpc) is 2.63. The third kappa shape index (κ3) is 2.34. The van der Waals surface area contributed by atoms with Crippen LogP contribution in [0.3, 0.4) is 0 Å². The third-order valence-corrected chi connectivity index (χ3v) is 3.35. The van der Waals surface area contributed by atoms with Crippen LogP contribution in [-0.2, 0) is 23.8 Å². The van der Waals surface area contributed by atoms with Crippen LogP contribution in [0.1, 0.15) is 12.8 Å². The minimum atomic E-state index is -0.749. The van der Waals surface area contributed by atoms with Gasteiger partial charge in [-0.05, 0) is 6.42 Å². The van der Waals surface area contributed by atoms with Gasteiger partial charge < -0.3 is 19.5 Å². The molecule has 0 aromatic carbocycles. The molecular formula is C11H17NO5. The van der Waals surface area contributed by atoms with E-state index in [0.717, 1.165) is 6.42 Å². The molecule has 6 nitrogen and oxygen atoms in total. The maximum Gasteiger partial charge on any atom is 0.317 e. The maximum absolute atomic E-state index is 11.8. The van der Waals surface area contributed by atoms with Crippen molar-refractivity contribution in [3.63, 3.8) is 0 Å². The maximum atomic E-state index is 11.8. The van der Waals surface area contributed by atoms with Gasteiger partial charge in [-0.25, -0.2) is 0 Å². The molecule has 0 saturated carbocycles. The number of piperidine rings is 1. The van der Waals surface area contributed by atoms with E-state index in [4.69, 9.17) is 9.47 Å². The zero-order valence-electron chi connectivity index (χ0n) is 9.97. The van der Waals surface area contributed by atoms with Gasteiger partial charge in [-0.2, -0.15) is 0 Å². The second-order valence-corrected chi connectivity index (χ2v) is 4.41. The Labute approximate surface area is 99.6 Å². The van der Waals surface area contributed by atoms with Crippen LogP contribution in [0.15, 0.2) is 0 Å². The van der Waals surface area contributed by atoms with Crippen molar-refractivity contribution in [2.24, 2.45) is 5.92 Å². The van der Waals surface area contributed by atoms with Crippen molar-refractivity contribution in [1.29, 1.82) is 0 Å². The number of ether oxygens (including phenoxy) is 3. The summed E-state index contributed by atoms with van der Waals surface area (Å²) in [5.41, 5.74) is 0. The lowest BCUT2D eigenvalue weighted by molar-refractivity contribution is -0.154. The topological polar surface area (TPSA) is 73.9 Å². The molecule has 2 heterocycles. The SMILES string of the molecule is COCOC1CC2CC(=O)C(C(=O)OC)C1N2. The van der Waals surface area contributed by atoms with Crippen molar-refractivity contribution < 1.29 is 23.8 Å². The quantitative estimate of drug-likeness (QED) is 0.406. The van der Waals surface area contributed by atoms with Crippen LogP contribution < -0.4 is 5.32 Å². The number of ketones is 1. The second-order valence-electron chi connectivity index (χ2n) is 4.41. The van der Waals surface area contributed by atoms with Crippen molar-refractivity contribution in [2.75, 3.05) is 21.0 Å². The summed E-state index contributed by atoms with van der Waals surface area (Å²) < 4.78 is 15.0. The number of carbonyl (C=O) groups excluding carboxylic acids is 2. The van der Waals surface area contributed by atoms with Gasteiger partial charge in [0.2, 0.25) is 0 Å². The van der Waals surface area contributed by atoms with E-state index in [0.29, 0.717) is 6.42 Å². The Bertz CT molecular complexity index is 319. The van der Waals surface area contributed by atoms with E-state index in [9.17, 15) is 9.59 Å². The molecule has 0 aromatic heterocycles. The lowest BCUT2D eigenvalue weighted by atomic mass is 9.90. The van der Waals surface area contributed by atoms with Gasteiger partial charge in [-0.1, -0.05) is 0 Å². The summed E-state index contributed by atoms with van der Waals surface area (Å²) in [5, 5.41) is 3.24. The van der Waals surface area contributed by atoms with E-state index in [1.165, 1.54) is 14.2 Å². The molecule has 4 unspecified atom stereocenters. The summed E-state index contributed by atoms with van der Waals surface area (Å²) in [6, 6.07) is -0.181. The average molecular weight is 243 g/mol. The van der Waals surface area contributed by atoms with Gasteiger partial charge in [0.25, 0.3) is 0 Å². The molecule has 0 spiro atoms. The Morgan fingerprint density at radius 1 is 1.47 bits per heavy atom. The molecule has 0 radical (unpaired) electrons. The van der Waals surface area contributed by atoms with E-state index >= 15 is 0 Å². The zero-order valence-corrected chi connectivity index (χ0v) is 9.97. The molecule has 17 heavy (non-hydrogen) atoms. The Balaban J connectivity index is 2.10. The molecular weight excluding hydrogens is 226 g/mol. The summed E-state index contributed by atoms with van der Waals surface area (Å²) in [5.74, 6) is -1.30. The van der Waals surface area contributed by atoms with Crippen LogP contribution >= 0.6 is 0 Å². The number of nitrogens with one attached hydrogen (secondary N) is 1. The van der Waals surface area contributed by atoms with Crippen LogP contribution in [-0.4, -0.2) is 51.0 Å². The number of Topliss-reactive ketones (excluding diaryl/α,β-unsaturated/α-hetero) is 1. The van der Waals surface area contributed by atoms with Gasteiger partial charge in [-0.15, -0.1) is 0 Å². The van der Waals surface area contributed by atoms with E-state index in [1.807, 2.05) is 0 Å². The molecule has 2 saturated heterocycles. The van der Waals surface area contributed by atoms with Crippen LogP contribution in [0.5, 0.6) is 0 Å². The van der Waals surface area contributed by atoms with Crippen molar-refractivity contribution >= 4 is 11.8 Å². The largest absolute Gasteiger partial charge is 0.468 e. The number of esters is 1. The number of rotatable bonds is 4. The Hall–Kier alpha value is -0.980. The molecule has 0 aromatic rings. The smallest absolute Gasteiger partial charge is 0.317 e. The fraction of sp³-hybridized carbons (Fsp3) is 0.818. The highest BCUT2D eigenvalue weighted by atomic mass is 16.7. The minimum Gasteiger partial charge on any atom is -0.468 e. The van der Waals surface area contributed by atoms with Gasteiger partial charge in [0, 0.05) is 19.6 Å². The third-order valence-electron chi connectivity index (χ3n) is 3.35. The molecule has 6 heteroatoms. The molecule has 2 fully saturated rings. The summed E-state index contributed by atoms with van der Waals surface area (Å²) in [6.45, 7) is 0.164. The van der Waals surface area contributed by atoms with E-state index in [1.54, 1.807) is 0 Å². The first-order valence-electron chi connectivity index (χ1n) is 5.64. The molecule has 4 atom stereocenters. The number of hydrogen-bond acceptors (Lipinski definition) is 6. The van der Waals surface area contributed by atoms with Gasteiger partial charge in [0.1, 0.15) is 18.5 Å². The highest BCUT2D eigenvalue weighted by Gasteiger charge is 2.50. The fourth-order valence-corrected chi connectivity index (χ4v) is 2.63. The number of fused-ring (bicyclic) bond motifs is 2. The normalized spacial score (nSPS) is 36.0. The van der Waals surface area contributed by atoms with Gasteiger partial charge in [0.15, 0.2) is 0 Å². The van der Waals surface area contributed by atoms with Crippen molar-refractivity contribution in [1.82, 2.24) is 5.32 Å². The fourth-order valence-electron chi connectivity index (χ4n) is 2.63. The molecule has 0 amide bonds. The Kier molecular flexibility index (Phi) is 3.76. The first kappa shape index (κ1) is 12.5.